The third kappa shape index (κ3) is 2.62. The Kier molecular flexibility index (Phi) is 4.43. The van der Waals surface area contributed by atoms with Gasteiger partial charge in [-0.1, -0.05) is 19.3 Å². The number of nitrogens with one attached hydrogen (secondary N) is 1. The average molecular weight is 274 g/mol. The maximum atomic E-state index is 12.0. The van der Waals surface area contributed by atoms with Gasteiger partial charge in [0.2, 0.25) is 0 Å². The van der Waals surface area contributed by atoms with Crippen molar-refractivity contribution < 1.29 is 9.36 Å². The van der Waals surface area contributed by atoms with Gasteiger partial charge >= 0.3 is 0 Å². The first kappa shape index (κ1) is 14.0. The van der Waals surface area contributed by atoms with Gasteiger partial charge in [-0.05, 0) is 19.3 Å². The van der Waals surface area contributed by atoms with Crippen LogP contribution in [0.25, 0.3) is 0 Å². The van der Waals surface area contributed by atoms with Crippen LogP contribution in [0.1, 0.15) is 38.5 Å². The molecule has 18 heavy (non-hydrogen) atoms. The van der Waals surface area contributed by atoms with Gasteiger partial charge in [0.1, 0.15) is 0 Å². The van der Waals surface area contributed by atoms with E-state index in [-0.39, 0.29) is 6.04 Å². The Morgan fingerprint density at radius 2 is 1.94 bits per heavy atom. The van der Waals surface area contributed by atoms with Crippen LogP contribution in [0.3, 0.4) is 0 Å². The molecule has 3 atom stereocenters. The summed E-state index contributed by atoms with van der Waals surface area (Å²) in [5.41, 5.74) is 6.04. The quantitative estimate of drug-likeness (QED) is 0.376. The lowest BCUT2D eigenvalue weighted by molar-refractivity contribution is -0.138. The van der Waals surface area contributed by atoms with Gasteiger partial charge in [0.25, 0.3) is 5.91 Å². The summed E-state index contributed by atoms with van der Waals surface area (Å²) in [7, 11) is -1.39. The molecular formula is C11H23N4O2P. The first-order valence-corrected chi connectivity index (χ1v) is 7.70. The van der Waals surface area contributed by atoms with Gasteiger partial charge in [-0.15, -0.1) is 0 Å². The number of hydrogen-bond acceptors (Lipinski definition) is 5. The summed E-state index contributed by atoms with van der Waals surface area (Å²) in [6, 6.07) is 0.190. The summed E-state index contributed by atoms with van der Waals surface area (Å²) in [4.78, 5) is 12.0. The van der Waals surface area contributed by atoms with Crippen molar-refractivity contribution in [2.75, 3.05) is 6.54 Å². The van der Waals surface area contributed by atoms with E-state index < -0.39 is 19.6 Å². The second kappa shape index (κ2) is 5.70. The predicted octanol–water partition coefficient (Wildman–Crippen LogP) is -0.205. The smallest absolute Gasteiger partial charge is 0.265 e. The summed E-state index contributed by atoms with van der Waals surface area (Å²) in [6.07, 6.45) is 6.60. The van der Waals surface area contributed by atoms with E-state index in [4.69, 9.17) is 11.6 Å². The van der Waals surface area contributed by atoms with Crippen LogP contribution in [0.15, 0.2) is 0 Å². The minimum atomic E-state index is -1.39. The van der Waals surface area contributed by atoms with Crippen molar-refractivity contribution in [2.45, 2.75) is 55.9 Å². The van der Waals surface area contributed by atoms with Crippen LogP contribution >= 0.6 is 8.46 Å². The number of carbonyl (C=O) groups is 1. The molecule has 1 aliphatic heterocycles. The highest BCUT2D eigenvalue weighted by molar-refractivity contribution is 7.27. The van der Waals surface area contributed by atoms with Crippen molar-refractivity contribution in [1.82, 2.24) is 10.3 Å². The number of nitrogens with zero attached hydrogens (tertiary/aromatic N) is 1. The van der Waals surface area contributed by atoms with Crippen molar-refractivity contribution in [2.24, 2.45) is 11.6 Å². The zero-order valence-corrected chi connectivity index (χ0v) is 11.8. The topological polar surface area (TPSA) is 101 Å². The molecule has 1 amide bonds. The Morgan fingerprint density at radius 1 is 1.28 bits per heavy atom. The third-order valence-electron chi connectivity index (χ3n) is 4.10. The fraction of sp³-hybridized carbons (Fsp3) is 0.909. The molecule has 2 fully saturated rings. The fourth-order valence-corrected chi connectivity index (χ4v) is 3.61. The summed E-state index contributed by atoms with van der Waals surface area (Å²) in [5, 5.41) is 3.24. The molecule has 1 saturated heterocycles. The normalized spacial score (nSPS) is 35.6. The van der Waals surface area contributed by atoms with E-state index in [2.05, 4.69) is 5.32 Å². The van der Waals surface area contributed by atoms with E-state index in [1.54, 1.807) is 0 Å². The summed E-state index contributed by atoms with van der Waals surface area (Å²) in [6.45, 7) is 0.474. The van der Waals surface area contributed by atoms with Gasteiger partial charge < -0.3 is 15.6 Å². The largest absolute Gasteiger partial charge is 0.328 e. The van der Waals surface area contributed by atoms with Crippen LogP contribution < -0.4 is 16.9 Å². The first-order chi connectivity index (χ1) is 8.58. The van der Waals surface area contributed by atoms with E-state index in [1.165, 1.54) is 19.3 Å². The molecule has 2 aliphatic rings. The zero-order valence-electron chi connectivity index (χ0n) is 10.6. The molecule has 6 nitrogen and oxygen atoms in total. The standard InChI is InChI=1S/C11H23N4O2P/c12-11(18-17)9(6-7-15(13)10(11)16)14-8-4-2-1-3-5-8/h8-9,14H,1-7,12-13,18H2/t9?,11-/m0/s1. The number of rotatable bonds is 3. The number of hydrazine groups is 1. The molecule has 2 rings (SSSR count). The van der Waals surface area contributed by atoms with Gasteiger partial charge in [-0.2, -0.15) is 0 Å². The molecule has 1 aliphatic carbocycles. The summed E-state index contributed by atoms with van der Waals surface area (Å²) in [5.74, 6) is 5.18. The SMILES string of the molecule is NN1CCC(NC2CCCCC2)[C@](N)([PH2]=O)C1=O. The number of piperidine rings is 1. The Labute approximate surface area is 109 Å². The highest BCUT2D eigenvalue weighted by Gasteiger charge is 2.47. The van der Waals surface area contributed by atoms with E-state index >= 15 is 0 Å². The molecule has 0 aromatic rings. The van der Waals surface area contributed by atoms with Gasteiger partial charge in [0.15, 0.2) is 5.28 Å². The van der Waals surface area contributed by atoms with Crippen LogP contribution in [0.2, 0.25) is 0 Å². The lowest BCUT2D eigenvalue weighted by Gasteiger charge is -2.42. The Bertz CT molecular complexity index is 335. The van der Waals surface area contributed by atoms with Crippen molar-refractivity contribution in [3.05, 3.63) is 0 Å². The van der Waals surface area contributed by atoms with Gasteiger partial charge in [0, 0.05) is 18.6 Å². The molecule has 7 heteroatoms. The molecule has 0 aromatic heterocycles. The Hall–Kier alpha value is -0.420. The average Bonchev–Trinajstić information content (AvgIpc) is 2.41. The molecular weight excluding hydrogens is 251 g/mol. The monoisotopic (exact) mass is 274 g/mol. The van der Waals surface area contributed by atoms with E-state index in [0.29, 0.717) is 19.0 Å². The van der Waals surface area contributed by atoms with Crippen LogP contribution in [-0.2, 0) is 9.36 Å². The Morgan fingerprint density at radius 3 is 2.56 bits per heavy atom. The van der Waals surface area contributed by atoms with Crippen molar-refractivity contribution >= 4 is 14.4 Å². The first-order valence-electron chi connectivity index (χ1n) is 6.66. The molecule has 2 unspecified atom stereocenters. The lowest BCUT2D eigenvalue weighted by Crippen LogP contribution is -2.69. The summed E-state index contributed by atoms with van der Waals surface area (Å²) < 4.78 is 11.4. The molecule has 104 valence electrons. The minimum Gasteiger partial charge on any atom is -0.328 e. The molecule has 1 saturated carbocycles. The number of carbonyl (C=O) groups excluding carboxylic acids is 1. The molecule has 5 N–H and O–H groups in total. The predicted molar refractivity (Wildman–Crippen MR) is 71.6 cm³/mol. The number of amides is 1. The van der Waals surface area contributed by atoms with Crippen LogP contribution in [0, 0.1) is 0 Å². The summed E-state index contributed by atoms with van der Waals surface area (Å²) >= 11 is 0. The molecule has 0 radical (unpaired) electrons. The lowest BCUT2D eigenvalue weighted by atomic mass is 9.92. The van der Waals surface area contributed by atoms with Crippen LogP contribution in [-0.4, -0.2) is 34.8 Å². The molecule has 1 heterocycles. The highest BCUT2D eigenvalue weighted by Crippen LogP contribution is 2.30. The maximum Gasteiger partial charge on any atom is 0.265 e. The second-order valence-electron chi connectivity index (χ2n) is 5.39. The van der Waals surface area contributed by atoms with E-state index in [1.807, 2.05) is 0 Å². The van der Waals surface area contributed by atoms with Gasteiger partial charge in [-0.25, -0.2) is 5.84 Å². The molecule has 0 bridgehead atoms. The van der Waals surface area contributed by atoms with E-state index in [9.17, 15) is 9.36 Å². The van der Waals surface area contributed by atoms with Crippen molar-refractivity contribution in [3.8, 4) is 0 Å². The van der Waals surface area contributed by atoms with Crippen molar-refractivity contribution in [1.29, 1.82) is 0 Å². The van der Waals surface area contributed by atoms with Crippen LogP contribution in [0.4, 0.5) is 0 Å². The highest BCUT2D eigenvalue weighted by atomic mass is 31.1. The minimum absolute atomic E-state index is 0.208. The van der Waals surface area contributed by atoms with Crippen LogP contribution in [0.5, 0.6) is 0 Å². The molecule has 0 spiro atoms. The van der Waals surface area contributed by atoms with E-state index in [0.717, 1.165) is 17.9 Å². The van der Waals surface area contributed by atoms with Gasteiger partial charge in [-0.3, -0.25) is 9.80 Å². The molecule has 0 aromatic carbocycles. The zero-order chi connectivity index (χ0) is 13.2. The number of hydrogen-bond donors (Lipinski definition) is 3. The van der Waals surface area contributed by atoms with Gasteiger partial charge in [0.05, 0.1) is 8.46 Å². The Balaban J connectivity index is 2.05. The van der Waals surface area contributed by atoms with Crippen molar-refractivity contribution in [3.63, 3.8) is 0 Å². The maximum absolute atomic E-state index is 12.0. The second-order valence-corrected chi connectivity index (χ2v) is 6.58. The fourth-order valence-electron chi connectivity index (χ4n) is 2.91. The third-order valence-corrected chi connectivity index (χ3v) is 5.14. The number of nitrogens with two attached hydrogens (primary N) is 2.